The van der Waals surface area contributed by atoms with Gasteiger partial charge in [0.2, 0.25) is 5.88 Å². The Morgan fingerprint density at radius 1 is 0.900 bits per heavy atom. The highest BCUT2D eigenvalue weighted by Gasteiger charge is 2.06. The average molecular weight is 405 g/mol. The minimum atomic E-state index is -0.153. The molecular formula is C24H27N3O3. The zero-order valence-electron chi connectivity index (χ0n) is 17.4. The van der Waals surface area contributed by atoms with E-state index < -0.39 is 0 Å². The van der Waals surface area contributed by atoms with Crippen molar-refractivity contribution in [3.63, 3.8) is 0 Å². The Hall–Kier alpha value is -3.41. The van der Waals surface area contributed by atoms with Crippen molar-refractivity contribution >= 4 is 5.91 Å². The molecule has 6 heteroatoms. The number of aromatic nitrogens is 2. The van der Waals surface area contributed by atoms with Crippen LogP contribution < -0.4 is 14.8 Å². The van der Waals surface area contributed by atoms with Crippen LogP contribution in [0.2, 0.25) is 0 Å². The molecule has 6 nitrogen and oxygen atoms in total. The Balaban J connectivity index is 1.41. The fourth-order valence-corrected chi connectivity index (χ4v) is 2.73. The van der Waals surface area contributed by atoms with Gasteiger partial charge in [-0.1, -0.05) is 43.2 Å². The van der Waals surface area contributed by atoms with E-state index in [1.54, 1.807) is 18.2 Å². The van der Waals surface area contributed by atoms with Gasteiger partial charge in [0.1, 0.15) is 12.4 Å². The Kier molecular flexibility index (Phi) is 7.78. The van der Waals surface area contributed by atoms with Crippen LogP contribution in [-0.2, 0) is 0 Å². The van der Waals surface area contributed by atoms with Crippen molar-refractivity contribution in [2.24, 2.45) is 0 Å². The van der Waals surface area contributed by atoms with Crippen LogP contribution in [0.1, 0.15) is 35.7 Å². The van der Waals surface area contributed by atoms with Gasteiger partial charge in [-0.3, -0.25) is 4.79 Å². The number of nitrogens with one attached hydrogen (secondary N) is 1. The molecule has 0 fully saturated rings. The molecule has 1 heterocycles. The lowest BCUT2D eigenvalue weighted by Crippen LogP contribution is -2.28. The summed E-state index contributed by atoms with van der Waals surface area (Å²) in [5.41, 5.74) is 3.58. The monoisotopic (exact) mass is 405 g/mol. The molecule has 1 amide bonds. The van der Waals surface area contributed by atoms with Crippen LogP contribution in [0.3, 0.4) is 0 Å². The second-order valence-electron chi connectivity index (χ2n) is 6.95. The van der Waals surface area contributed by atoms with Crippen molar-refractivity contribution in [3.05, 3.63) is 71.8 Å². The fourth-order valence-electron chi connectivity index (χ4n) is 2.73. The van der Waals surface area contributed by atoms with Crippen LogP contribution in [0.4, 0.5) is 0 Å². The number of benzene rings is 2. The van der Waals surface area contributed by atoms with Crippen molar-refractivity contribution < 1.29 is 14.3 Å². The van der Waals surface area contributed by atoms with E-state index in [1.807, 2.05) is 49.4 Å². The smallest absolute Gasteiger partial charge is 0.251 e. The van der Waals surface area contributed by atoms with Gasteiger partial charge in [0.05, 0.1) is 18.8 Å². The lowest BCUT2D eigenvalue weighted by Gasteiger charge is -2.08. The molecule has 0 aliphatic heterocycles. The van der Waals surface area contributed by atoms with Gasteiger partial charge >= 0.3 is 0 Å². The first kappa shape index (κ1) is 21.3. The van der Waals surface area contributed by atoms with Crippen LogP contribution in [-0.4, -0.2) is 35.9 Å². The van der Waals surface area contributed by atoms with E-state index >= 15 is 0 Å². The maximum Gasteiger partial charge on any atom is 0.251 e. The maximum atomic E-state index is 12.2. The molecule has 30 heavy (non-hydrogen) atoms. The van der Waals surface area contributed by atoms with Crippen molar-refractivity contribution in [3.8, 4) is 22.9 Å². The molecular weight excluding hydrogens is 378 g/mol. The number of amides is 1. The Morgan fingerprint density at radius 2 is 1.67 bits per heavy atom. The molecule has 0 radical (unpaired) electrons. The molecule has 1 N–H and O–H groups in total. The number of nitrogens with zero attached hydrogens (tertiary/aromatic N) is 2. The zero-order chi connectivity index (χ0) is 21.2. The van der Waals surface area contributed by atoms with Crippen LogP contribution >= 0.6 is 0 Å². The standard InChI is InChI=1S/C24H27N3O3/c1-3-4-16-29-21-11-9-20(10-12-21)24(28)25-15-17-30-23-14-13-22(26-27-23)19-7-5-18(2)6-8-19/h5-14H,3-4,15-17H2,1-2H3,(H,25,28). The summed E-state index contributed by atoms with van der Waals surface area (Å²) in [6.45, 7) is 5.53. The third-order valence-electron chi connectivity index (χ3n) is 4.51. The Bertz CT molecular complexity index is 923. The van der Waals surface area contributed by atoms with Gasteiger partial charge in [-0.25, -0.2) is 0 Å². The summed E-state index contributed by atoms with van der Waals surface area (Å²) in [7, 11) is 0. The predicted molar refractivity (Wildman–Crippen MR) is 117 cm³/mol. The second kappa shape index (κ2) is 11.0. The van der Waals surface area contributed by atoms with Crippen molar-refractivity contribution in [1.82, 2.24) is 15.5 Å². The first-order valence-electron chi connectivity index (χ1n) is 10.2. The first-order valence-corrected chi connectivity index (χ1v) is 10.2. The SMILES string of the molecule is CCCCOc1ccc(C(=O)NCCOc2ccc(-c3ccc(C)cc3)nn2)cc1. The minimum absolute atomic E-state index is 0.153. The van der Waals surface area contributed by atoms with E-state index in [-0.39, 0.29) is 5.91 Å². The van der Waals surface area contributed by atoms with Gasteiger partial charge in [0.15, 0.2) is 0 Å². The largest absolute Gasteiger partial charge is 0.494 e. The van der Waals surface area contributed by atoms with Gasteiger partial charge in [0, 0.05) is 17.2 Å². The summed E-state index contributed by atoms with van der Waals surface area (Å²) in [6.07, 6.45) is 2.10. The number of rotatable bonds is 10. The third-order valence-corrected chi connectivity index (χ3v) is 4.51. The van der Waals surface area contributed by atoms with Crippen LogP contribution in [0.15, 0.2) is 60.7 Å². The summed E-state index contributed by atoms with van der Waals surface area (Å²) in [6, 6.07) is 18.9. The fraction of sp³-hybridized carbons (Fsp3) is 0.292. The van der Waals surface area contributed by atoms with Crippen LogP contribution in [0, 0.1) is 6.92 Å². The normalized spacial score (nSPS) is 10.5. The summed E-state index contributed by atoms with van der Waals surface area (Å²) < 4.78 is 11.2. The lowest BCUT2D eigenvalue weighted by molar-refractivity contribution is 0.0946. The molecule has 0 saturated heterocycles. The number of hydrogen-bond donors (Lipinski definition) is 1. The van der Waals surface area contributed by atoms with E-state index in [4.69, 9.17) is 9.47 Å². The highest BCUT2D eigenvalue weighted by atomic mass is 16.5. The minimum Gasteiger partial charge on any atom is -0.494 e. The van der Waals surface area contributed by atoms with Crippen LogP contribution in [0.5, 0.6) is 11.6 Å². The Labute approximate surface area is 177 Å². The third kappa shape index (κ3) is 6.30. The van der Waals surface area contributed by atoms with Gasteiger partial charge in [0.25, 0.3) is 5.91 Å². The molecule has 3 aromatic rings. The van der Waals surface area contributed by atoms with Gasteiger partial charge in [-0.05, 0) is 43.7 Å². The highest BCUT2D eigenvalue weighted by Crippen LogP contribution is 2.18. The zero-order valence-corrected chi connectivity index (χ0v) is 17.4. The molecule has 2 aromatic carbocycles. The number of carbonyl (C=O) groups excluding carboxylic acids is 1. The lowest BCUT2D eigenvalue weighted by atomic mass is 10.1. The molecule has 0 saturated carbocycles. The number of aryl methyl sites for hydroxylation is 1. The van der Waals surface area contributed by atoms with E-state index in [2.05, 4.69) is 22.4 Å². The van der Waals surface area contributed by atoms with E-state index in [1.165, 1.54) is 5.56 Å². The first-order chi connectivity index (χ1) is 14.7. The average Bonchev–Trinajstić information content (AvgIpc) is 2.78. The summed E-state index contributed by atoms with van der Waals surface area (Å²) >= 11 is 0. The van der Waals surface area contributed by atoms with Crippen molar-refractivity contribution in [1.29, 1.82) is 0 Å². The molecule has 0 spiro atoms. The number of carbonyl (C=O) groups is 1. The van der Waals surface area contributed by atoms with Gasteiger partial charge < -0.3 is 14.8 Å². The molecule has 0 bridgehead atoms. The Morgan fingerprint density at radius 3 is 2.33 bits per heavy atom. The van der Waals surface area contributed by atoms with E-state index in [0.29, 0.717) is 31.2 Å². The van der Waals surface area contributed by atoms with Gasteiger partial charge in [-0.2, -0.15) is 0 Å². The summed E-state index contributed by atoms with van der Waals surface area (Å²) in [5.74, 6) is 1.05. The molecule has 0 aliphatic carbocycles. The maximum absolute atomic E-state index is 12.2. The number of unbranched alkanes of at least 4 members (excludes halogenated alkanes) is 1. The highest BCUT2D eigenvalue weighted by molar-refractivity contribution is 5.94. The van der Waals surface area contributed by atoms with Crippen molar-refractivity contribution in [2.75, 3.05) is 19.8 Å². The van der Waals surface area contributed by atoms with Crippen LogP contribution in [0.25, 0.3) is 11.3 Å². The molecule has 1 aromatic heterocycles. The van der Waals surface area contributed by atoms with Crippen molar-refractivity contribution in [2.45, 2.75) is 26.7 Å². The molecule has 0 unspecified atom stereocenters. The van der Waals surface area contributed by atoms with E-state index in [0.717, 1.165) is 29.8 Å². The van der Waals surface area contributed by atoms with Gasteiger partial charge in [-0.15, -0.1) is 10.2 Å². The second-order valence-corrected chi connectivity index (χ2v) is 6.95. The molecule has 3 rings (SSSR count). The molecule has 156 valence electrons. The quantitative estimate of drug-likeness (QED) is 0.505. The number of ether oxygens (including phenoxy) is 2. The summed E-state index contributed by atoms with van der Waals surface area (Å²) in [4.78, 5) is 12.2. The predicted octanol–water partition coefficient (Wildman–Crippen LogP) is 4.44. The van der Waals surface area contributed by atoms with E-state index in [9.17, 15) is 4.79 Å². The molecule has 0 aliphatic rings. The summed E-state index contributed by atoms with van der Waals surface area (Å²) in [5, 5.41) is 11.1. The number of hydrogen-bond acceptors (Lipinski definition) is 5. The topological polar surface area (TPSA) is 73.3 Å². The molecule has 0 atom stereocenters.